The molecule has 38 valence electrons. The summed E-state index contributed by atoms with van der Waals surface area (Å²) in [5, 5.41) is 10.7. The second-order valence-corrected chi connectivity index (χ2v) is 1.89. The van der Waals surface area contributed by atoms with E-state index in [4.69, 9.17) is 0 Å². The summed E-state index contributed by atoms with van der Waals surface area (Å²) in [7, 11) is 3.78. The number of quaternary nitrogens is 1. The summed E-state index contributed by atoms with van der Waals surface area (Å²) in [5.41, 5.74) is 0. The van der Waals surface area contributed by atoms with Crippen molar-refractivity contribution in [1.29, 1.82) is 0 Å². The molecule has 1 aliphatic rings. The van der Waals surface area contributed by atoms with Crippen molar-refractivity contribution < 1.29 is 4.59 Å². The maximum absolute atomic E-state index is 3.71. The molecular formula is C3H7N4+. The minimum Gasteiger partial charge on any atom is -0.139 e. The van der Waals surface area contributed by atoms with Crippen LogP contribution in [0.4, 0.5) is 0 Å². The largest absolute Gasteiger partial charge is 0.239 e. The molecule has 0 radical (unpaired) electrons. The van der Waals surface area contributed by atoms with Gasteiger partial charge < -0.3 is 0 Å². The van der Waals surface area contributed by atoms with Gasteiger partial charge in [-0.1, -0.05) is 5.10 Å². The first kappa shape index (κ1) is 4.39. The van der Waals surface area contributed by atoms with E-state index in [-0.39, 0.29) is 0 Å². The molecule has 4 heteroatoms. The molecule has 0 aromatic rings. The van der Waals surface area contributed by atoms with E-state index in [1.165, 1.54) is 0 Å². The third kappa shape index (κ3) is 0.806. The Morgan fingerprint density at radius 3 is 2.29 bits per heavy atom. The predicted molar refractivity (Wildman–Crippen MR) is 25.5 cm³/mol. The molecule has 0 bridgehead atoms. The third-order valence-corrected chi connectivity index (χ3v) is 0.656. The van der Waals surface area contributed by atoms with Crippen LogP contribution >= 0.6 is 0 Å². The van der Waals surface area contributed by atoms with Crippen LogP contribution in [-0.2, 0) is 0 Å². The Hall–Kier alpha value is -0.770. The molecule has 1 aliphatic heterocycles. The predicted octanol–water partition coefficient (Wildman–Crippen LogP) is 0.387. The standard InChI is InChI=1S/C3H7N4/c1-7(2)3-4-5-6-7/h3H,1-2H3/q+1. The highest BCUT2D eigenvalue weighted by molar-refractivity contribution is 5.45. The summed E-state index contributed by atoms with van der Waals surface area (Å²) in [5.74, 6) is 0. The lowest BCUT2D eigenvalue weighted by Gasteiger charge is -2.05. The minimum absolute atomic E-state index is 0.417. The molecule has 0 amide bonds. The number of rotatable bonds is 0. The Bertz CT molecular complexity index is 109. The first-order valence-corrected chi connectivity index (χ1v) is 2.01. The fourth-order valence-corrected chi connectivity index (χ4v) is 0.299. The van der Waals surface area contributed by atoms with Crippen molar-refractivity contribution in [3.8, 4) is 0 Å². The van der Waals surface area contributed by atoms with Crippen LogP contribution in [0, 0.1) is 0 Å². The second-order valence-electron chi connectivity index (χ2n) is 1.89. The molecule has 0 saturated heterocycles. The molecule has 7 heavy (non-hydrogen) atoms. The highest BCUT2D eigenvalue weighted by atomic mass is 15.7. The van der Waals surface area contributed by atoms with Gasteiger partial charge in [0.1, 0.15) is 14.1 Å². The van der Waals surface area contributed by atoms with Crippen LogP contribution in [0.1, 0.15) is 0 Å². The fourth-order valence-electron chi connectivity index (χ4n) is 0.299. The first-order valence-electron chi connectivity index (χ1n) is 2.01. The van der Waals surface area contributed by atoms with Crippen molar-refractivity contribution in [3.63, 3.8) is 0 Å². The minimum atomic E-state index is 0.417. The zero-order valence-electron chi connectivity index (χ0n) is 4.37. The summed E-state index contributed by atoms with van der Waals surface area (Å²) in [6.45, 7) is 0. The van der Waals surface area contributed by atoms with Gasteiger partial charge in [-0.15, -0.1) is 4.59 Å². The summed E-state index contributed by atoms with van der Waals surface area (Å²) in [4.78, 5) is 0. The highest BCUT2D eigenvalue weighted by Crippen LogP contribution is 2.00. The molecule has 0 aliphatic carbocycles. The van der Waals surface area contributed by atoms with Crippen molar-refractivity contribution in [1.82, 2.24) is 0 Å². The Morgan fingerprint density at radius 1 is 1.43 bits per heavy atom. The van der Waals surface area contributed by atoms with Gasteiger partial charge in [0, 0.05) is 5.22 Å². The van der Waals surface area contributed by atoms with Crippen LogP contribution in [-0.4, -0.2) is 25.0 Å². The van der Waals surface area contributed by atoms with Crippen molar-refractivity contribution >= 4 is 6.34 Å². The third-order valence-electron chi connectivity index (χ3n) is 0.656. The maximum atomic E-state index is 3.71. The topological polar surface area (TPSA) is 37.1 Å². The second kappa shape index (κ2) is 1.10. The smallest absolute Gasteiger partial charge is 0.139 e. The van der Waals surface area contributed by atoms with Crippen LogP contribution in [0.15, 0.2) is 15.5 Å². The van der Waals surface area contributed by atoms with Crippen LogP contribution in [0.5, 0.6) is 0 Å². The van der Waals surface area contributed by atoms with E-state index in [0.717, 1.165) is 0 Å². The SMILES string of the molecule is C[N+]1(C)C=NN=N1. The van der Waals surface area contributed by atoms with Crippen LogP contribution in [0.25, 0.3) is 0 Å². The lowest BCUT2D eigenvalue weighted by atomic mass is 10.9. The van der Waals surface area contributed by atoms with E-state index in [1.54, 1.807) is 6.34 Å². The zero-order valence-corrected chi connectivity index (χ0v) is 4.37. The highest BCUT2D eigenvalue weighted by Gasteiger charge is 2.14. The zero-order chi connectivity index (χ0) is 5.33. The van der Waals surface area contributed by atoms with Gasteiger partial charge in [0.15, 0.2) is 0 Å². The summed E-state index contributed by atoms with van der Waals surface area (Å²) in [6.07, 6.45) is 1.65. The summed E-state index contributed by atoms with van der Waals surface area (Å²) in [6, 6.07) is 0. The Morgan fingerprint density at radius 2 is 2.14 bits per heavy atom. The van der Waals surface area contributed by atoms with E-state index < -0.39 is 0 Å². The van der Waals surface area contributed by atoms with Crippen molar-refractivity contribution in [3.05, 3.63) is 0 Å². The van der Waals surface area contributed by atoms with Crippen LogP contribution in [0.3, 0.4) is 0 Å². The Kier molecular flexibility index (Phi) is 0.689. The van der Waals surface area contributed by atoms with E-state index in [0.29, 0.717) is 4.59 Å². The van der Waals surface area contributed by atoms with E-state index in [9.17, 15) is 0 Å². The normalized spacial score (nSPS) is 23.7. The number of hydrogen-bond acceptors (Lipinski definition) is 3. The van der Waals surface area contributed by atoms with E-state index in [2.05, 4.69) is 15.5 Å². The molecule has 0 fully saturated rings. The van der Waals surface area contributed by atoms with E-state index in [1.807, 2.05) is 14.1 Å². The average Bonchev–Trinajstić information content (AvgIpc) is 1.84. The van der Waals surface area contributed by atoms with Gasteiger partial charge in [-0.05, 0) is 0 Å². The molecule has 0 aromatic heterocycles. The molecular weight excluding hydrogens is 92.1 g/mol. The van der Waals surface area contributed by atoms with Crippen LogP contribution in [0.2, 0.25) is 0 Å². The van der Waals surface area contributed by atoms with Crippen molar-refractivity contribution in [2.75, 3.05) is 14.1 Å². The molecule has 0 saturated carbocycles. The monoisotopic (exact) mass is 99.1 g/mol. The van der Waals surface area contributed by atoms with Crippen LogP contribution < -0.4 is 0 Å². The average molecular weight is 99.1 g/mol. The number of nitrogens with zero attached hydrogens (tertiary/aromatic N) is 4. The summed E-state index contributed by atoms with van der Waals surface area (Å²) >= 11 is 0. The van der Waals surface area contributed by atoms with Crippen molar-refractivity contribution in [2.45, 2.75) is 0 Å². The van der Waals surface area contributed by atoms with E-state index >= 15 is 0 Å². The van der Waals surface area contributed by atoms with Gasteiger partial charge in [0.2, 0.25) is 6.34 Å². The molecule has 0 atom stereocenters. The number of hydrogen-bond donors (Lipinski definition) is 0. The van der Waals surface area contributed by atoms with Gasteiger partial charge in [-0.3, -0.25) is 0 Å². The summed E-state index contributed by atoms with van der Waals surface area (Å²) < 4.78 is 0.417. The molecule has 0 aromatic carbocycles. The van der Waals surface area contributed by atoms with Gasteiger partial charge in [-0.25, -0.2) is 0 Å². The lowest BCUT2D eigenvalue weighted by molar-refractivity contribution is -0.800. The fraction of sp³-hybridized carbons (Fsp3) is 0.667. The lowest BCUT2D eigenvalue weighted by Crippen LogP contribution is -2.28. The molecule has 4 nitrogen and oxygen atoms in total. The molecule has 1 rings (SSSR count). The Labute approximate surface area is 41.7 Å². The first-order chi connectivity index (χ1) is 3.21. The molecule has 0 N–H and O–H groups in total. The van der Waals surface area contributed by atoms with Gasteiger partial charge in [0.05, 0.1) is 5.22 Å². The maximum Gasteiger partial charge on any atom is 0.239 e. The van der Waals surface area contributed by atoms with Gasteiger partial charge in [0.25, 0.3) is 0 Å². The molecule has 0 unspecified atom stereocenters. The van der Waals surface area contributed by atoms with Gasteiger partial charge >= 0.3 is 0 Å². The quantitative estimate of drug-likeness (QED) is 0.394. The molecule has 0 spiro atoms. The molecule has 1 heterocycles. The Balaban J connectivity index is 2.77. The van der Waals surface area contributed by atoms with Gasteiger partial charge in [-0.2, -0.15) is 0 Å². The van der Waals surface area contributed by atoms with Crippen molar-refractivity contribution in [2.24, 2.45) is 15.5 Å².